The summed E-state index contributed by atoms with van der Waals surface area (Å²) in [6.07, 6.45) is -4.32. The van der Waals surface area contributed by atoms with E-state index < -0.39 is 11.7 Å². The van der Waals surface area contributed by atoms with Crippen LogP contribution in [0.1, 0.15) is 11.1 Å². The molecule has 0 unspecified atom stereocenters. The maximum Gasteiger partial charge on any atom is 0.416 e. The highest BCUT2D eigenvalue weighted by Crippen LogP contribution is 2.36. The molecule has 19 heavy (non-hydrogen) atoms. The van der Waals surface area contributed by atoms with Gasteiger partial charge in [0.05, 0.1) is 5.56 Å². The summed E-state index contributed by atoms with van der Waals surface area (Å²) in [6, 6.07) is 11.3. The summed E-state index contributed by atoms with van der Waals surface area (Å²) in [5.74, 6) is 0. The van der Waals surface area contributed by atoms with Crippen LogP contribution >= 0.6 is 23.4 Å². The average Bonchev–Trinajstić information content (AvgIpc) is 2.33. The molecule has 100 valence electrons. The van der Waals surface area contributed by atoms with Crippen LogP contribution in [0, 0.1) is 6.92 Å². The molecule has 0 fully saturated rings. The lowest BCUT2D eigenvalue weighted by molar-refractivity contribution is -0.138. The highest BCUT2D eigenvalue weighted by Gasteiger charge is 2.32. The van der Waals surface area contributed by atoms with Gasteiger partial charge in [0.2, 0.25) is 0 Å². The van der Waals surface area contributed by atoms with Gasteiger partial charge in [0, 0.05) is 14.8 Å². The number of benzene rings is 2. The van der Waals surface area contributed by atoms with Gasteiger partial charge in [0.25, 0.3) is 0 Å². The first kappa shape index (κ1) is 14.3. The van der Waals surface area contributed by atoms with Gasteiger partial charge < -0.3 is 0 Å². The first-order chi connectivity index (χ1) is 8.86. The van der Waals surface area contributed by atoms with Gasteiger partial charge in [-0.05, 0) is 48.9 Å². The maximum atomic E-state index is 12.8. The average molecular weight is 303 g/mol. The number of alkyl halides is 3. The highest BCUT2D eigenvalue weighted by molar-refractivity contribution is 7.99. The minimum absolute atomic E-state index is 0.230. The molecule has 0 atom stereocenters. The molecule has 0 radical (unpaired) electrons. The predicted octanol–water partition coefficient (Wildman–Crippen LogP) is 5.82. The molecule has 0 N–H and O–H groups in total. The monoisotopic (exact) mass is 302 g/mol. The van der Waals surface area contributed by atoms with Crippen LogP contribution in [-0.4, -0.2) is 0 Å². The Labute approximate surface area is 118 Å². The van der Waals surface area contributed by atoms with Crippen molar-refractivity contribution in [1.82, 2.24) is 0 Å². The number of hydrogen-bond donors (Lipinski definition) is 0. The van der Waals surface area contributed by atoms with Gasteiger partial charge in [-0.2, -0.15) is 13.2 Å². The quantitative estimate of drug-likeness (QED) is 0.673. The largest absolute Gasteiger partial charge is 0.416 e. The van der Waals surface area contributed by atoms with E-state index in [2.05, 4.69) is 0 Å². The molecule has 0 aliphatic carbocycles. The lowest BCUT2D eigenvalue weighted by Gasteiger charge is -2.11. The third kappa shape index (κ3) is 3.67. The van der Waals surface area contributed by atoms with E-state index in [0.717, 1.165) is 4.90 Å². The Morgan fingerprint density at radius 2 is 1.53 bits per heavy atom. The van der Waals surface area contributed by atoms with Crippen molar-refractivity contribution < 1.29 is 13.2 Å². The second-order valence-electron chi connectivity index (χ2n) is 4.03. The molecule has 0 saturated carbocycles. The van der Waals surface area contributed by atoms with E-state index in [-0.39, 0.29) is 5.56 Å². The topological polar surface area (TPSA) is 0 Å². The minimum Gasteiger partial charge on any atom is -0.166 e. The van der Waals surface area contributed by atoms with Crippen molar-refractivity contribution in [2.75, 3.05) is 0 Å². The van der Waals surface area contributed by atoms with E-state index >= 15 is 0 Å². The summed E-state index contributed by atoms with van der Waals surface area (Å²) >= 11 is 7.04. The van der Waals surface area contributed by atoms with Crippen molar-refractivity contribution in [2.24, 2.45) is 0 Å². The summed E-state index contributed by atoms with van der Waals surface area (Å²) < 4.78 is 38.4. The SMILES string of the molecule is Cc1ccc(Sc2ccc(Cl)cc2)cc1C(F)(F)F. The predicted molar refractivity (Wildman–Crippen MR) is 71.8 cm³/mol. The standard InChI is InChI=1S/C14H10ClF3S/c1-9-2-5-12(8-13(9)14(16,17)18)19-11-6-3-10(15)4-7-11/h2-8H,1H3. The lowest BCUT2D eigenvalue weighted by atomic mass is 10.1. The van der Waals surface area contributed by atoms with Crippen LogP contribution in [-0.2, 0) is 6.18 Å². The first-order valence-corrected chi connectivity index (χ1v) is 6.67. The van der Waals surface area contributed by atoms with Crippen LogP contribution in [0.2, 0.25) is 5.02 Å². The summed E-state index contributed by atoms with van der Waals surface area (Å²) in [4.78, 5) is 1.40. The third-order valence-electron chi connectivity index (χ3n) is 2.56. The number of aryl methyl sites for hydroxylation is 1. The second-order valence-corrected chi connectivity index (χ2v) is 5.61. The molecular weight excluding hydrogens is 293 g/mol. The van der Waals surface area contributed by atoms with Crippen LogP contribution in [0.5, 0.6) is 0 Å². The lowest BCUT2D eigenvalue weighted by Crippen LogP contribution is -2.07. The number of rotatable bonds is 2. The molecule has 0 aromatic heterocycles. The summed E-state index contributed by atoms with van der Waals surface area (Å²) in [5.41, 5.74) is -0.362. The molecular formula is C14H10ClF3S. The number of halogens is 4. The molecule has 0 spiro atoms. The van der Waals surface area contributed by atoms with Crippen molar-refractivity contribution in [1.29, 1.82) is 0 Å². The molecule has 0 aliphatic heterocycles. The highest BCUT2D eigenvalue weighted by atomic mass is 35.5. The van der Waals surface area contributed by atoms with Crippen LogP contribution in [0.15, 0.2) is 52.3 Å². The Morgan fingerprint density at radius 3 is 2.11 bits per heavy atom. The summed E-state index contributed by atoms with van der Waals surface area (Å²) in [7, 11) is 0. The van der Waals surface area contributed by atoms with E-state index in [1.54, 1.807) is 30.3 Å². The van der Waals surface area contributed by atoms with Crippen molar-refractivity contribution in [3.05, 3.63) is 58.6 Å². The Bertz CT molecular complexity index is 576. The summed E-state index contributed by atoms with van der Waals surface area (Å²) in [5, 5.41) is 0.601. The molecule has 0 heterocycles. The van der Waals surface area contributed by atoms with Crippen molar-refractivity contribution in [2.45, 2.75) is 22.9 Å². The fourth-order valence-corrected chi connectivity index (χ4v) is 2.59. The summed E-state index contributed by atoms with van der Waals surface area (Å²) in [6.45, 7) is 1.46. The van der Waals surface area contributed by atoms with E-state index in [1.165, 1.54) is 30.8 Å². The zero-order chi connectivity index (χ0) is 14.0. The van der Waals surface area contributed by atoms with Gasteiger partial charge in [-0.3, -0.25) is 0 Å². The molecule has 5 heteroatoms. The maximum absolute atomic E-state index is 12.8. The first-order valence-electron chi connectivity index (χ1n) is 5.47. The molecule has 0 amide bonds. The smallest absolute Gasteiger partial charge is 0.166 e. The minimum atomic E-state index is -4.32. The van der Waals surface area contributed by atoms with Crippen molar-refractivity contribution in [3.63, 3.8) is 0 Å². The number of hydrogen-bond acceptors (Lipinski definition) is 1. The van der Waals surface area contributed by atoms with Crippen LogP contribution < -0.4 is 0 Å². The van der Waals surface area contributed by atoms with Crippen LogP contribution in [0.4, 0.5) is 13.2 Å². The molecule has 0 bridgehead atoms. The van der Waals surface area contributed by atoms with Crippen LogP contribution in [0.3, 0.4) is 0 Å². The zero-order valence-electron chi connectivity index (χ0n) is 9.96. The molecule has 2 rings (SSSR count). The fraction of sp³-hybridized carbons (Fsp3) is 0.143. The van der Waals surface area contributed by atoms with Gasteiger partial charge in [-0.1, -0.05) is 29.4 Å². The fourth-order valence-electron chi connectivity index (χ4n) is 1.61. The van der Waals surface area contributed by atoms with Gasteiger partial charge in [-0.15, -0.1) is 0 Å². The second kappa shape index (κ2) is 5.47. The molecule has 0 saturated heterocycles. The van der Waals surface area contributed by atoms with E-state index in [9.17, 15) is 13.2 Å². The Balaban J connectivity index is 2.29. The Morgan fingerprint density at radius 1 is 0.947 bits per heavy atom. The van der Waals surface area contributed by atoms with E-state index in [1.807, 2.05) is 0 Å². The van der Waals surface area contributed by atoms with Gasteiger partial charge in [0.15, 0.2) is 0 Å². The molecule has 0 nitrogen and oxygen atoms in total. The van der Waals surface area contributed by atoms with E-state index in [0.29, 0.717) is 9.92 Å². The van der Waals surface area contributed by atoms with Crippen molar-refractivity contribution >= 4 is 23.4 Å². The molecule has 0 aliphatic rings. The molecule has 2 aromatic rings. The Hall–Kier alpha value is -1.13. The van der Waals surface area contributed by atoms with Crippen molar-refractivity contribution in [3.8, 4) is 0 Å². The van der Waals surface area contributed by atoms with Gasteiger partial charge in [-0.25, -0.2) is 0 Å². The zero-order valence-corrected chi connectivity index (χ0v) is 11.5. The van der Waals surface area contributed by atoms with Crippen LogP contribution in [0.25, 0.3) is 0 Å². The van der Waals surface area contributed by atoms with Gasteiger partial charge >= 0.3 is 6.18 Å². The normalized spacial score (nSPS) is 11.6. The Kier molecular flexibility index (Phi) is 4.11. The molecule has 2 aromatic carbocycles. The van der Waals surface area contributed by atoms with Gasteiger partial charge in [0.1, 0.15) is 0 Å². The third-order valence-corrected chi connectivity index (χ3v) is 3.81. The van der Waals surface area contributed by atoms with E-state index in [4.69, 9.17) is 11.6 Å².